The molecule has 0 aliphatic carbocycles. The number of nitro benzene ring substituents is 1. The number of aromatic nitrogens is 2. The minimum absolute atomic E-state index is 0.0422. The summed E-state index contributed by atoms with van der Waals surface area (Å²) in [6.07, 6.45) is 0. The van der Waals surface area contributed by atoms with Gasteiger partial charge in [-0.1, -0.05) is 60.7 Å². The van der Waals surface area contributed by atoms with Crippen LogP contribution in [-0.4, -0.2) is 22.0 Å². The van der Waals surface area contributed by atoms with Crippen LogP contribution in [0, 0.1) is 10.1 Å². The predicted molar refractivity (Wildman–Crippen MR) is 126 cm³/mol. The summed E-state index contributed by atoms with van der Waals surface area (Å²) in [4.78, 5) is 19.0. The van der Waals surface area contributed by atoms with Crippen molar-refractivity contribution in [3.05, 3.63) is 101 Å². The van der Waals surface area contributed by atoms with Crippen LogP contribution in [0.4, 0.5) is 5.69 Å². The molecule has 2 aromatic heterocycles. The van der Waals surface area contributed by atoms with E-state index in [4.69, 9.17) is 14.1 Å². The molecule has 2 heterocycles. The van der Waals surface area contributed by atoms with E-state index >= 15 is 0 Å². The van der Waals surface area contributed by atoms with Gasteiger partial charge in [-0.25, -0.2) is 4.98 Å². The van der Waals surface area contributed by atoms with E-state index in [1.165, 1.54) is 19.2 Å². The zero-order chi connectivity index (χ0) is 22.8. The molecule has 0 spiro atoms. The second kappa shape index (κ2) is 8.47. The Morgan fingerprint density at radius 2 is 1.55 bits per heavy atom. The molecule has 0 amide bonds. The van der Waals surface area contributed by atoms with Crippen LogP contribution in [0.3, 0.4) is 0 Å². The minimum atomic E-state index is -0.447. The van der Waals surface area contributed by atoms with Gasteiger partial charge in [-0.05, 0) is 18.2 Å². The SMILES string of the molecule is COc1ccc([N+](=O)[O-])cc1-c1ccc(-c2nc(-c3ccccc3)c(-c3ccccc3)[nH]2)o1. The highest BCUT2D eigenvalue weighted by Crippen LogP contribution is 2.38. The number of furan rings is 1. The third kappa shape index (κ3) is 3.87. The van der Waals surface area contributed by atoms with Gasteiger partial charge in [0.2, 0.25) is 0 Å². The van der Waals surface area contributed by atoms with Crippen LogP contribution in [0.15, 0.2) is 95.4 Å². The molecule has 0 saturated heterocycles. The Labute approximate surface area is 189 Å². The Balaban J connectivity index is 1.61. The van der Waals surface area contributed by atoms with Gasteiger partial charge in [-0.2, -0.15) is 0 Å². The number of hydrogen-bond donors (Lipinski definition) is 1. The first-order chi connectivity index (χ1) is 16.1. The molecular weight excluding hydrogens is 418 g/mol. The molecule has 5 rings (SSSR count). The van der Waals surface area contributed by atoms with E-state index in [9.17, 15) is 10.1 Å². The van der Waals surface area contributed by atoms with Gasteiger partial charge in [0.05, 0.1) is 29.0 Å². The van der Waals surface area contributed by atoms with Gasteiger partial charge in [-0.3, -0.25) is 10.1 Å². The molecular formula is C26H19N3O4. The van der Waals surface area contributed by atoms with Crippen molar-refractivity contribution in [1.82, 2.24) is 9.97 Å². The summed E-state index contributed by atoms with van der Waals surface area (Å²) in [5.41, 5.74) is 4.12. The largest absolute Gasteiger partial charge is 0.496 e. The summed E-state index contributed by atoms with van der Waals surface area (Å²) in [5.74, 6) is 2.00. The number of H-pyrrole nitrogens is 1. The van der Waals surface area contributed by atoms with E-state index in [1.54, 1.807) is 18.2 Å². The van der Waals surface area contributed by atoms with Gasteiger partial charge >= 0.3 is 0 Å². The smallest absolute Gasteiger partial charge is 0.270 e. The molecule has 0 aliphatic heterocycles. The number of imidazole rings is 1. The summed E-state index contributed by atoms with van der Waals surface area (Å²) < 4.78 is 11.5. The van der Waals surface area contributed by atoms with E-state index in [0.29, 0.717) is 28.7 Å². The highest BCUT2D eigenvalue weighted by Gasteiger charge is 2.20. The number of aromatic amines is 1. The van der Waals surface area contributed by atoms with Crippen LogP contribution in [0.5, 0.6) is 5.75 Å². The van der Waals surface area contributed by atoms with Crippen molar-refractivity contribution in [1.29, 1.82) is 0 Å². The highest BCUT2D eigenvalue weighted by atomic mass is 16.6. The van der Waals surface area contributed by atoms with Crippen LogP contribution in [-0.2, 0) is 0 Å². The number of nitrogens with zero attached hydrogens (tertiary/aromatic N) is 2. The second-order valence-corrected chi connectivity index (χ2v) is 7.35. The molecule has 0 atom stereocenters. The maximum Gasteiger partial charge on any atom is 0.270 e. The van der Waals surface area contributed by atoms with Crippen molar-refractivity contribution >= 4 is 5.69 Å². The molecule has 0 aliphatic rings. The zero-order valence-corrected chi connectivity index (χ0v) is 17.7. The Morgan fingerprint density at radius 1 is 0.879 bits per heavy atom. The van der Waals surface area contributed by atoms with Gasteiger partial charge in [0.1, 0.15) is 11.5 Å². The van der Waals surface area contributed by atoms with Gasteiger partial charge < -0.3 is 14.1 Å². The van der Waals surface area contributed by atoms with E-state index in [1.807, 2.05) is 60.7 Å². The van der Waals surface area contributed by atoms with E-state index in [-0.39, 0.29) is 5.69 Å². The third-order valence-corrected chi connectivity index (χ3v) is 5.31. The molecule has 1 N–H and O–H groups in total. The fraction of sp³-hybridized carbons (Fsp3) is 0.0385. The number of rotatable bonds is 6. The van der Waals surface area contributed by atoms with Crippen LogP contribution in [0.25, 0.3) is 45.4 Å². The number of nitro groups is 1. The van der Waals surface area contributed by atoms with Gasteiger partial charge in [0.25, 0.3) is 5.69 Å². The second-order valence-electron chi connectivity index (χ2n) is 7.35. The van der Waals surface area contributed by atoms with Crippen LogP contribution in [0.2, 0.25) is 0 Å². The van der Waals surface area contributed by atoms with Crippen molar-refractivity contribution in [3.8, 4) is 51.2 Å². The van der Waals surface area contributed by atoms with Crippen molar-refractivity contribution in [2.45, 2.75) is 0 Å². The Hall–Kier alpha value is -4.65. The van der Waals surface area contributed by atoms with E-state index < -0.39 is 4.92 Å². The molecule has 162 valence electrons. The first-order valence-corrected chi connectivity index (χ1v) is 10.3. The Bertz CT molecular complexity index is 1370. The Morgan fingerprint density at radius 3 is 2.21 bits per heavy atom. The summed E-state index contributed by atoms with van der Waals surface area (Å²) in [7, 11) is 1.51. The van der Waals surface area contributed by atoms with Crippen molar-refractivity contribution in [2.24, 2.45) is 0 Å². The number of non-ortho nitro benzene ring substituents is 1. The predicted octanol–water partition coefficient (Wildman–Crippen LogP) is 6.59. The number of hydrogen-bond acceptors (Lipinski definition) is 5. The lowest BCUT2D eigenvalue weighted by Crippen LogP contribution is -1.91. The Kier molecular flexibility index (Phi) is 5.20. The maximum atomic E-state index is 11.2. The van der Waals surface area contributed by atoms with Crippen molar-refractivity contribution in [3.63, 3.8) is 0 Å². The van der Waals surface area contributed by atoms with E-state index in [2.05, 4.69) is 4.98 Å². The number of benzene rings is 3. The van der Waals surface area contributed by atoms with Gasteiger partial charge in [0.15, 0.2) is 11.6 Å². The topological polar surface area (TPSA) is 94.2 Å². The summed E-state index contributed by atoms with van der Waals surface area (Å²) in [6.45, 7) is 0. The third-order valence-electron chi connectivity index (χ3n) is 5.31. The van der Waals surface area contributed by atoms with Gasteiger partial charge in [0, 0.05) is 23.3 Å². The molecule has 3 aromatic carbocycles. The first kappa shape index (κ1) is 20.3. The number of nitrogens with one attached hydrogen (secondary N) is 1. The van der Waals surface area contributed by atoms with E-state index in [0.717, 1.165) is 22.5 Å². The minimum Gasteiger partial charge on any atom is -0.496 e. The molecule has 33 heavy (non-hydrogen) atoms. The number of ether oxygens (including phenoxy) is 1. The van der Waals surface area contributed by atoms with Crippen LogP contribution >= 0.6 is 0 Å². The monoisotopic (exact) mass is 437 g/mol. The van der Waals surface area contributed by atoms with Crippen LogP contribution < -0.4 is 4.74 Å². The lowest BCUT2D eigenvalue weighted by atomic mass is 10.1. The molecule has 0 saturated carbocycles. The molecule has 0 fully saturated rings. The van der Waals surface area contributed by atoms with Gasteiger partial charge in [-0.15, -0.1) is 0 Å². The molecule has 0 radical (unpaired) electrons. The number of methoxy groups -OCH3 is 1. The molecule has 7 heteroatoms. The summed E-state index contributed by atoms with van der Waals surface area (Å²) in [6, 6.07) is 27.8. The van der Waals surface area contributed by atoms with Crippen molar-refractivity contribution < 1.29 is 14.1 Å². The fourth-order valence-electron chi connectivity index (χ4n) is 3.72. The quantitative estimate of drug-likeness (QED) is 0.239. The fourth-order valence-corrected chi connectivity index (χ4v) is 3.72. The maximum absolute atomic E-state index is 11.2. The highest BCUT2D eigenvalue weighted by molar-refractivity contribution is 5.81. The van der Waals surface area contributed by atoms with Crippen LogP contribution in [0.1, 0.15) is 0 Å². The molecule has 7 nitrogen and oxygen atoms in total. The first-order valence-electron chi connectivity index (χ1n) is 10.3. The average Bonchev–Trinajstić information content (AvgIpc) is 3.52. The summed E-state index contributed by atoms with van der Waals surface area (Å²) >= 11 is 0. The molecule has 0 bridgehead atoms. The standard InChI is InChI=1S/C26H19N3O4/c1-32-21-13-12-19(29(30)31)16-20(21)22-14-15-23(33-22)26-27-24(17-8-4-2-5-9-17)25(28-26)18-10-6-3-7-11-18/h2-16H,1H3,(H,27,28). The average molecular weight is 437 g/mol. The normalized spacial score (nSPS) is 10.8. The molecule has 5 aromatic rings. The molecule has 0 unspecified atom stereocenters. The lowest BCUT2D eigenvalue weighted by Gasteiger charge is -2.05. The zero-order valence-electron chi connectivity index (χ0n) is 17.7. The van der Waals surface area contributed by atoms with Crippen molar-refractivity contribution in [2.75, 3.05) is 7.11 Å². The summed E-state index contributed by atoms with van der Waals surface area (Å²) in [5, 5.41) is 11.2. The lowest BCUT2D eigenvalue weighted by molar-refractivity contribution is -0.384.